The molecule has 0 aliphatic carbocycles. The summed E-state index contributed by atoms with van der Waals surface area (Å²) in [6.45, 7) is 3.45. The fourth-order valence-electron chi connectivity index (χ4n) is 1.73. The van der Waals surface area contributed by atoms with Gasteiger partial charge in [-0.2, -0.15) is 5.10 Å². The van der Waals surface area contributed by atoms with E-state index in [4.69, 9.17) is 0 Å². The fraction of sp³-hybridized carbons (Fsp3) is 0.133. The van der Waals surface area contributed by atoms with Crippen molar-refractivity contribution in [2.75, 3.05) is 5.32 Å². The van der Waals surface area contributed by atoms with Crippen molar-refractivity contribution < 1.29 is 9.59 Å². The Bertz CT molecular complexity index is 683. The third-order valence-electron chi connectivity index (χ3n) is 2.63. The quantitative estimate of drug-likeness (QED) is 0.499. The molecule has 0 fully saturated rings. The summed E-state index contributed by atoms with van der Waals surface area (Å²) in [5.41, 5.74) is 3.45. The standard InChI is InChI=1S/C15H15N3O2/c1-10(2)17-18-15(20)14(19)16-13-9-5-7-11-6-3-4-8-12(11)13/h3-9H,1-2H3,(H,16,19)(H,18,20). The van der Waals surface area contributed by atoms with Gasteiger partial charge in [0.2, 0.25) is 0 Å². The van der Waals surface area contributed by atoms with Gasteiger partial charge < -0.3 is 5.32 Å². The van der Waals surface area contributed by atoms with Crippen LogP contribution in [0.4, 0.5) is 5.69 Å². The van der Waals surface area contributed by atoms with Crippen LogP contribution in [0.3, 0.4) is 0 Å². The first-order valence-electron chi connectivity index (χ1n) is 6.18. The van der Waals surface area contributed by atoms with Crippen LogP contribution in [-0.2, 0) is 9.59 Å². The molecule has 0 aliphatic heterocycles. The smallest absolute Gasteiger partial charge is 0.317 e. The summed E-state index contributed by atoms with van der Waals surface area (Å²) >= 11 is 0. The minimum Gasteiger partial charge on any atom is -0.317 e. The van der Waals surface area contributed by atoms with Crippen LogP contribution in [0.2, 0.25) is 0 Å². The summed E-state index contributed by atoms with van der Waals surface area (Å²) in [7, 11) is 0. The van der Waals surface area contributed by atoms with Gasteiger partial charge in [-0.3, -0.25) is 9.59 Å². The second kappa shape index (κ2) is 5.97. The lowest BCUT2D eigenvalue weighted by Gasteiger charge is -2.07. The van der Waals surface area contributed by atoms with Crippen LogP contribution < -0.4 is 10.7 Å². The van der Waals surface area contributed by atoms with E-state index < -0.39 is 11.8 Å². The lowest BCUT2D eigenvalue weighted by molar-refractivity contribution is -0.136. The summed E-state index contributed by atoms with van der Waals surface area (Å²) in [6.07, 6.45) is 0. The Morgan fingerprint density at radius 3 is 2.40 bits per heavy atom. The van der Waals surface area contributed by atoms with E-state index >= 15 is 0 Å². The Balaban J connectivity index is 2.18. The number of rotatable bonds is 2. The molecule has 0 aliphatic rings. The van der Waals surface area contributed by atoms with E-state index in [1.54, 1.807) is 19.9 Å². The number of hydrogen-bond acceptors (Lipinski definition) is 3. The highest BCUT2D eigenvalue weighted by Crippen LogP contribution is 2.22. The Kier molecular flexibility index (Phi) is 4.10. The van der Waals surface area contributed by atoms with Gasteiger partial charge in [-0.05, 0) is 25.3 Å². The molecule has 2 aromatic rings. The van der Waals surface area contributed by atoms with Crippen molar-refractivity contribution in [1.82, 2.24) is 5.43 Å². The molecular weight excluding hydrogens is 254 g/mol. The second-order valence-corrected chi connectivity index (χ2v) is 4.48. The van der Waals surface area contributed by atoms with E-state index in [2.05, 4.69) is 15.8 Å². The summed E-state index contributed by atoms with van der Waals surface area (Å²) in [5.74, 6) is -1.54. The summed E-state index contributed by atoms with van der Waals surface area (Å²) in [4.78, 5) is 23.3. The number of hydrogen-bond donors (Lipinski definition) is 2. The normalized spacial score (nSPS) is 9.90. The van der Waals surface area contributed by atoms with E-state index in [1.165, 1.54) is 0 Å². The van der Waals surface area contributed by atoms with Gasteiger partial charge in [0.25, 0.3) is 0 Å². The molecule has 0 atom stereocenters. The molecule has 0 saturated carbocycles. The first-order valence-corrected chi connectivity index (χ1v) is 6.18. The largest absolute Gasteiger partial charge is 0.329 e. The minimum absolute atomic E-state index is 0.598. The Morgan fingerprint density at radius 1 is 0.950 bits per heavy atom. The van der Waals surface area contributed by atoms with Crippen LogP contribution in [0.1, 0.15) is 13.8 Å². The molecule has 0 saturated heterocycles. The number of carbonyl (C=O) groups is 2. The first kappa shape index (κ1) is 13.7. The molecule has 0 spiro atoms. The van der Waals surface area contributed by atoms with Crippen molar-refractivity contribution >= 4 is 34.0 Å². The lowest BCUT2D eigenvalue weighted by atomic mass is 10.1. The van der Waals surface area contributed by atoms with Gasteiger partial charge in [-0.25, -0.2) is 5.43 Å². The predicted octanol–water partition coefficient (Wildman–Crippen LogP) is 2.29. The molecule has 0 heterocycles. The van der Waals surface area contributed by atoms with E-state index in [1.807, 2.05) is 36.4 Å². The highest BCUT2D eigenvalue weighted by atomic mass is 16.2. The number of anilines is 1. The van der Waals surface area contributed by atoms with Crippen LogP contribution in [0.25, 0.3) is 10.8 Å². The van der Waals surface area contributed by atoms with Crippen molar-refractivity contribution in [2.24, 2.45) is 5.10 Å². The Hall–Kier alpha value is -2.69. The molecule has 2 aromatic carbocycles. The number of carbonyl (C=O) groups excluding carboxylic acids is 2. The van der Waals surface area contributed by atoms with Crippen LogP contribution in [0.15, 0.2) is 47.6 Å². The number of benzene rings is 2. The fourth-order valence-corrected chi connectivity index (χ4v) is 1.73. The van der Waals surface area contributed by atoms with Crippen LogP contribution in [-0.4, -0.2) is 17.5 Å². The minimum atomic E-state index is -0.792. The van der Waals surface area contributed by atoms with Gasteiger partial charge in [-0.1, -0.05) is 36.4 Å². The van der Waals surface area contributed by atoms with Gasteiger partial charge in [-0.15, -0.1) is 0 Å². The van der Waals surface area contributed by atoms with E-state index in [-0.39, 0.29) is 0 Å². The third kappa shape index (κ3) is 3.20. The maximum Gasteiger partial charge on any atom is 0.329 e. The topological polar surface area (TPSA) is 70.6 Å². The lowest BCUT2D eigenvalue weighted by Crippen LogP contribution is -2.32. The van der Waals surface area contributed by atoms with Gasteiger partial charge in [0.05, 0.1) is 0 Å². The average Bonchev–Trinajstić information content (AvgIpc) is 2.45. The number of nitrogens with zero attached hydrogens (tertiary/aromatic N) is 1. The molecule has 0 bridgehead atoms. The van der Waals surface area contributed by atoms with E-state index in [0.29, 0.717) is 11.4 Å². The number of nitrogens with one attached hydrogen (secondary N) is 2. The molecule has 20 heavy (non-hydrogen) atoms. The molecule has 102 valence electrons. The highest BCUT2D eigenvalue weighted by molar-refractivity contribution is 6.40. The molecular formula is C15H15N3O2. The zero-order valence-electron chi connectivity index (χ0n) is 11.3. The number of fused-ring (bicyclic) bond motifs is 1. The zero-order valence-corrected chi connectivity index (χ0v) is 11.3. The Labute approximate surface area is 116 Å². The molecule has 0 unspecified atom stereocenters. The molecule has 2 N–H and O–H groups in total. The molecule has 5 nitrogen and oxygen atoms in total. The monoisotopic (exact) mass is 269 g/mol. The highest BCUT2D eigenvalue weighted by Gasteiger charge is 2.14. The molecule has 2 amide bonds. The van der Waals surface area contributed by atoms with Crippen molar-refractivity contribution in [1.29, 1.82) is 0 Å². The van der Waals surface area contributed by atoms with Gasteiger partial charge in [0.1, 0.15) is 0 Å². The van der Waals surface area contributed by atoms with Crippen LogP contribution in [0.5, 0.6) is 0 Å². The second-order valence-electron chi connectivity index (χ2n) is 4.48. The van der Waals surface area contributed by atoms with Gasteiger partial charge >= 0.3 is 11.8 Å². The first-order chi connectivity index (χ1) is 9.58. The van der Waals surface area contributed by atoms with E-state index in [0.717, 1.165) is 10.8 Å². The van der Waals surface area contributed by atoms with Crippen LogP contribution >= 0.6 is 0 Å². The number of hydrazone groups is 1. The summed E-state index contributed by atoms with van der Waals surface area (Å²) < 4.78 is 0. The van der Waals surface area contributed by atoms with Crippen LogP contribution in [0, 0.1) is 0 Å². The number of amides is 2. The van der Waals surface area contributed by atoms with Crippen molar-refractivity contribution in [3.63, 3.8) is 0 Å². The Morgan fingerprint density at radius 2 is 1.65 bits per heavy atom. The molecule has 2 rings (SSSR count). The molecule has 5 heteroatoms. The molecule has 0 radical (unpaired) electrons. The van der Waals surface area contributed by atoms with Crippen molar-refractivity contribution in [3.05, 3.63) is 42.5 Å². The van der Waals surface area contributed by atoms with Crippen molar-refractivity contribution in [3.8, 4) is 0 Å². The SMILES string of the molecule is CC(C)=NNC(=O)C(=O)Nc1cccc2ccccc12. The van der Waals surface area contributed by atoms with Gasteiger partial charge in [0, 0.05) is 16.8 Å². The maximum absolute atomic E-state index is 11.8. The predicted molar refractivity (Wildman–Crippen MR) is 79.5 cm³/mol. The summed E-state index contributed by atoms with van der Waals surface area (Å²) in [5, 5.41) is 8.17. The third-order valence-corrected chi connectivity index (χ3v) is 2.63. The average molecular weight is 269 g/mol. The summed E-state index contributed by atoms with van der Waals surface area (Å²) in [6, 6.07) is 13.1. The zero-order chi connectivity index (χ0) is 14.5. The van der Waals surface area contributed by atoms with Crippen molar-refractivity contribution in [2.45, 2.75) is 13.8 Å². The van der Waals surface area contributed by atoms with E-state index in [9.17, 15) is 9.59 Å². The van der Waals surface area contributed by atoms with Gasteiger partial charge in [0.15, 0.2) is 0 Å². The maximum atomic E-state index is 11.8. The molecule has 0 aromatic heterocycles.